The van der Waals surface area contributed by atoms with Crippen molar-refractivity contribution >= 4 is 22.6 Å². The molecule has 0 aliphatic carbocycles. The van der Waals surface area contributed by atoms with E-state index in [9.17, 15) is 15.0 Å². The fourth-order valence-corrected chi connectivity index (χ4v) is 4.34. The number of aliphatic hydroxyl groups is 1. The van der Waals surface area contributed by atoms with Crippen LogP contribution >= 0.6 is 11.6 Å². The number of phenols is 1. The van der Waals surface area contributed by atoms with E-state index in [0.717, 1.165) is 6.54 Å². The maximum absolute atomic E-state index is 12.9. The van der Waals surface area contributed by atoms with E-state index in [1.165, 1.54) is 6.07 Å². The van der Waals surface area contributed by atoms with E-state index in [-0.39, 0.29) is 17.1 Å². The lowest BCUT2D eigenvalue weighted by Gasteiger charge is -2.34. The number of hydrogen-bond donors (Lipinski definition) is 2. The van der Waals surface area contributed by atoms with Crippen molar-refractivity contribution in [1.82, 2.24) is 4.90 Å². The van der Waals surface area contributed by atoms with Gasteiger partial charge in [-0.1, -0.05) is 23.7 Å². The van der Waals surface area contributed by atoms with E-state index in [2.05, 4.69) is 0 Å². The lowest BCUT2D eigenvalue weighted by Crippen LogP contribution is -2.40. The molecule has 0 saturated carbocycles. The van der Waals surface area contributed by atoms with Crippen LogP contribution in [0.5, 0.6) is 5.75 Å². The molecule has 1 aliphatic rings. The van der Waals surface area contributed by atoms with Crippen LogP contribution in [0, 0.1) is 6.92 Å². The Labute approximate surface area is 167 Å². The van der Waals surface area contributed by atoms with Gasteiger partial charge >= 0.3 is 0 Å². The molecule has 28 heavy (non-hydrogen) atoms. The fraction of sp³-hybridized carbons (Fsp3) is 0.318. The molecule has 1 aliphatic heterocycles. The normalized spacial score (nSPS) is 20.6. The Balaban J connectivity index is 2.00. The molecule has 0 radical (unpaired) electrons. The van der Waals surface area contributed by atoms with Gasteiger partial charge in [0.1, 0.15) is 17.1 Å². The highest BCUT2D eigenvalue weighted by Crippen LogP contribution is 2.41. The quantitative estimate of drug-likeness (QED) is 0.683. The number of likely N-dealkylation sites (N-methyl/N-ethyl adjacent to an activating group) is 1. The lowest BCUT2D eigenvalue weighted by atomic mass is 9.84. The van der Waals surface area contributed by atoms with Gasteiger partial charge in [-0.3, -0.25) is 4.79 Å². The van der Waals surface area contributed by atoms with E-state index in [4.69, 9.17) is 16.0 Å². The highest BCUT2D eigenvalue weighted by atomic mass is 35.5. The fourth-order valence-electron chi connectivity index (χ4n) is 4.11. The Hall–Kier alpha value is -2.34. The van der Waals surface area contributed by atoms with E-state index >= 15 is 0 Å². The summed E-state index contributed by atoms with van der Waals surface area (Å²) in [6.07, 6.45) is -0.00603. The summed E-state index contributed by atoms with van der Waals surface area (Å²) < 4.78 is 6.16. The zero-order valence-electron chi connectivity index (χ0n) is 15.8. The number of fused-ring (bicyclic) bond motifs is 1. The van der Waals surface area contributed by atoms with E-state index < -0.39 is 6.10 Å². The summed E-state index contributed by atoms with van der Waals surface area (Å²) in [5.41, 5.74) is 1.87. The number of benzene rings is 2. The first-order valence-corrected chi connectivity index (χ1v) is 9.66. The van der Waals surface area contributed by atoms with Crippen molar-refractivity contribution in [2.75, 3.05) is 20.1 Å². The molecule has 2 heterocycles. The Morgan fingerprint density at radius 3 is 2.71 bits per heavy atom. The van der Waals surface area contributed by atoms with Crippen molar-refractivity contribution < 1.29 is 14.6 Å². The summed E-state index contributed by atoms with van der Waals surface area (Å²) in [6, 6.07) is 10.2. The summed E-state index contributed by atoms with van der Waals surface area (Å²) in [5.74, 6) is 0.0683. The SMILES string of the molecule is Cc1cc(O)c([C@H]2CCN(C)C[C@H]2O)c2oc(-c3ccccc3Cl)cc(=O)c12. The molecule has 1 fully saturated rings. The predicted octanol–water partition coefficient (Wildman–Crippen LogP) is 3.91. The summed E-state index contributed by atoms with van der Waals surface area (Å²) in [4.78, 5) is 15.0. The minimum Gasteiger partial charge on any atom is -0.508 e. The molecule has 2 aromatic carbocycles. The number of aryl methyl sites for hydroxylation is 1. The number of nitrogens with zero attached hydrogens (tertiary/aromatic N) is 1. The van der Waals surface area contributed by atoms with Gasteiger partial charge in [0.05, 0.1) is 16.5 Å². The van der Waals surface area contributed by atoms with E-state index in [1.54, 1.807) is 31.2 Å². The number of hydrogen-bond acceptors (Lipinski definition) is 5. The van der Waals surface area contributed by atoms with Gasteiger partial charge < -0.3 is 19.5 Å². The van der Waals surface area contributed by atoms with E-state index in [0.29, 0.717) is 51.4 Å². The van der Waals surface area contributed by atoms with Gasteiger partial charge in [0.25, 0.3) is 0 Å². The first-order chi connectivity index (χ1) is 13.4. The lowest BCUT2D eigenvalue weighted by molar-refractivity contribution is 0.0631. The molecule has 3 aromatic rings. The molecule has 2 N–H and O–H groups in total. The molecular formula is C22H22ClNO4. The third kappa shape index (κ3) is 3.20. The third-order valence-corrected chi connectivity index (χ3v) is 5.84. The number of aliphatic hydroxyl groups excluding tert-OH is 1. The van der Waals surface area contributed by atoms with Crippen LogP contribution in [0.4, 0.5) is 0 Å². The van der Waals surface area contributed by atoms with Crippen LogP contribution in [0.2, 0.25) is 5.02 Å². The Morgan fingerprint density at radius 1 is 1.25 bits per heavy atom. The number of rotatable bonds is 2. The summed E-state index contributed by atoms with van der Waals surface area (Å²) in [7, 11) is 1.95. The smallest absolute Gasteiger partial charge is 0.193 e. The molecule has 4 rings (SSSR count). The Bertz CT molecular complexity index is 1110. The first-order valence-electron chi connectivity index (χ1n) is 9.28. The number of halogens is 1. The molecule has 6 heteroatoms. The van der Waals surface area contributed by atoms with Crippen molar-refractivity contribution in [1.29, 1.82) is 0 Å². The molecule has 146 valence electrons. The van der Waals surface area contributed by atoms with Gasteiger partial charge in [0, 0.05) is 29.7 Å². The monoisotopic (exact) mass is 399 g/mol. The molecule has 1 aromatic heterocycles. The molecule has 5 nitrogen and oxygen atoms in total. The predicted molar refractivity (Wildman–Crippen MR) is 110 cm³/mol. The standard InChI is InChI=1S/C22H22ClNO4/c1-12-9-16(25)21(14-7-8-24(2)11-18(14)27)22-20(12)17(26)10-19(28-22)13-5-3-4-6-15(13)23/h3-6,9-10,14,18,25,27H,7-8,11H2,1-2H3/t14-,18+/m0/s1. The van der Waals surface area contributed by atoms with Gasteiger partial charge in [-0.15, -0.1) is 0 Å². The minimum absolute atomic E-state index is 0.0399. The van der Waals surface area contributed by atoms with Crippen LogP contribution in [0.1, 0.15) is 23.5 Å². The van der Waals surface area contributed by atoms with Crippen molar-refractivity contribution in [2.24, 2.45) is 0 Å². The second-order valence-corrected chi connectivity index (χ2v) is 7.92. The summed E-state index contributed by atoms with van der Waals surface area (Å²) in [5, 5.41) is 22.3. The van der Waals surface area contributed by atoms with Crippen LogP contribution in [-0.2, 0) is 0 Å². The first kappa shape index (κ1) is 19.0. The topological polar surface area (TPSA) is 73.9 Å². The zero-order valence-corrected chi connectivity index (χ0v) is 16.5. The molecular weight excluding hydrogens is 378 g/mol. The van der Waals surface area contributed by atoms with Crippen molar-refractivity contribution in [3.05, 3.63) is 62.8 Å². The molecule has 0 unspecified atom stereocenters. The van der Waals surface area contributed by atoms with Gasteiger partial charge in [-0.25, -0.2) is 0 Å². The average molecular weight is 400 g/mol. The van der Waals surface area contributed by atoms with Crippen LogP contribution in [-0.4, -0.2) is 41.4 Å². The van der Waals surface area contributed by atoms with Crippen LogP contribution in [0.3, 0.4) is 0 Å². The van der Waals surface area contributed by atoms with Gasteiger partial charge in [-0.05, 0) is 50.7 Å². The molecule has 0 bridgehead atoms. The molecule has 1 saturated heterocycles. The van der Waals surface area contributed by atoms with E-state index in [1.807, 2.05) is 18.0 Å². The van der Waals surface area contributed by atoms with Crippen molar-refractivity contribution in [3.8, 4) is 17.1 Å². The van der Waals surface area contributed by atoms with Gasteiger partial charge in [-0.2, -0.15) is 0 Å². The maximum Gasteiger partial charge on any atom is 0.193 e. The second-order valence-electron chi connectivity index (χ2n) is 7.51. The number of β-amino-alcohol motifs (C(OH)–C–C–N with tert-alkyl or cyclic N) is 1. The number of phenolic OH excluding ortho intramolecular Hbond substituents is 1. The Morgan fingerprint density at radius 2 is 2.00 bits per heavy atom. The third-order valence-electron chi connectivity index (χ3n) is 5.51. The average Bonchev–Trinajstić information content (AvgIpc) is 2.63. The van der Waals surface area contributed by atoms with Crippen LogP contribution in [0.25, 0.3) is 22.3 Å². The minimum atomic E-state index is -0.662. The number of likely N-dealkylation sites (tertiary alicyclic amines) is 1. The number of piperidine rings is 1. The van der Waals surface area contributed by atoms with Crippen molar-refractivity contribution in [2.45, 2.75) is 25.4 Å². The van der Waals surface area contributed by atoms with Gasteiger partial charge in [0.2, 0.25) is 0 Å². The second kappa shape index (κ2) is 7.24. The highest BCUT2D eigenvalue weighted by Gasteiger charge is 2.32. The largest absolute Gasteiger partial charge is 0.508 e. The van der Waals surface area contributed by atoms with Crippen LogP contribution < -0.4 is 5.43 Å². The molecule has 0 spiro atoms. The summed E-state index contributed by atoms with van der Waals surface area (Å²) >= 11 is 6.30. The van der Waals surface area contributed by atoms with Crippen molar-refractivity contribution in [3.63, 3.8) is 0 Å². The zero-order chi connectivity index (χ0) is 20.0. The van der Waals surface area contributed by atoms with Crippen LogP contribution in [0.15, 0.2) is 45.6 Å². The summed E-state index contributed by atoms with van der Waals surface area (Å²) in [6.45, 7) is 3.04. The molecule has 0 amide bonds. The Kier molecular flexibility index (Phi) is 4.91. The highest BCUT2D eigenvalue weighted by molar-refractivity contribution is 6.33. The molecule has 2 atom stereocenters. The maximum atomic E-state index is 12.9. The number of aromatic hydroxyl groups is 1. The van der Waals surface area contributed by atoms with Gasteiger partial charge in [0.15, 0.2) is 5.43 Å².